The number of hydrogen-bond acceptors (Lipinski definition) is 4. The average molecular weight is 386 g/mol. The summed E-state index contributed by atoms with van der Waals surface area (Å²) < 4.78 is 5.44. The second kappa shape index (κ2) is 8.11. The normalized spacial score (nSPS) is 24.2. The number of benzene rings is 1. The Morgan fingerprint density at radius 1 is 1.11 bits per heavy atom. The van der Waals surface area contributed by atoms with Gasteiger partial charge >= 0.3 is 0 Å². The summed E-state index contributed by atoms with van der Waals surface area (Å²) in [6, 6.07) is 6.45. The van der Waals surface area contributed by atoms with E-state index < -0.39 is 0 Å². The van der Waals surface area contributed by atoms with E-state index in [0.717, 1.165) is 37.2 Å². The number of carbonyl (C=O) groups excluding carboxylic acids is 2. The molecule has 3 fully saturated rings. The van der Waals surface area contributed by atoms with Crippen LogP contribution < -0.4 is 9.64 Å². The van der Waals surface area contributed by atoms with Gasteiger partial charge in [-0.15, -0.1) is 0 Å². The molecule has 3 aliphatic heterocycles. The Labute approximate surface area is 167 Å². The summed E-state index contributed by atoms with van der Waals surface area (Å²) in [5.41, 5.74) is 1.85. The van der Waals surface area contributed by atoms with Crippen LogP contribution in [0.5, 0.6) is 5.75 Å². The van der Waals surface area contributed by atoms with Gasteiger partial charge in [-0.05, 0) is 63.4 Å². The first-order valence-corrected chi connectivity index (χ1v) is 10.5. The van der Waals surface area contributed by atoms with E-state index in [2.05, 4.69) is 4.90 Å². The van der Waals surface area contributed by atoms with E-state index in [4.69, 9.17) is 4.74 Å². The zero-order valence-corrected chi connectivity index (χ0v) is 17.0. The highest BCUT2D eigenvalue weighted by Crippen LogP contribution is 2.34. The first-order chi connectivity index (χ1) is 13.6. The molecule has 4 rings (SSSR count). The summed E-state index contributed by atoms with van der Waals surface area (Å²) in [6.45, 7) is 6.50. The molecule has 2 amide bonds. The van der Waals surface area contributed by atoms with Crippen LogP contribution in [0.4, 0.5) is 5.69 Å². The van der Waals surface area contributed by atoms with Crippen LogP contribution in [0.15, 0.2) is 18.2 Å². The van der Waals surface area contributed by atoms with Gasteiger partial charge in [0.15, 0.2) is 0 Å². The first-order valence-electron chi connectivity index (χ1n) is 10.5. The Bertz CT molecular complexity index is 737. The number of piperidine rings is 1. The van der Waals surface area contributed by atoms with Crippen molar-refractivity contribution in [2.45, 2.75) is 45.1 Å². The molecule has 1 aromatic carbocycles. The minimum atomic E-state index is -0.249. The van der Waals surface area contributed by atoms with Crippen molar-refractivity contribution in [3.63, 3.8) is 0 Å². The number of likely N-dealkylation sites (tertiary alicyclic amines) is 2. The molecule has 28 heavy (non-hydrogen) atoms. The average Bonchev–Trinajstić information content (AvgIpc) is 3.37. The lowest BCUT2D eigenvalue weighted by molar-refractivity contribution is -0.137. The molecule has 6 heteroatoms. The van der Waals surface area contributed by atoms with Gasteiger partial charge in [-0.25, -0.2) is 0 Å². The van der Waals surface area contributed by atoms with Gasteiger partial charge in [-0.2, -0.15) is 0 Å². The summed E-state index contributed by atoms with van der Waals surface area (Å²) in [4.78, 5) is 32.1. The summed E-state index contributed by atoms with van der Waals surface area (Å²) >= 11 is 0. The third-order valence-corrected chi connectivity index (χ3v) is 6.53. The van der Waals surface area contributed by atoms with Gasteiger partial charge in [0.2, 0.25) is 11.8 Å². The third kappa shape index (κ3) is 3.75. The molecule has 0 N–H and O–H groups in total. The topological polar surface area (TPSA) is 53.1 Å². The van der Waals surface area contributed by atoms with Crippen molar-refractivity contribution in [2.75, 3.05) is 44.7 Å². The number of rotatable bonds is 4. The Hall–Kier alpha value is -2.08. The molecular weight excluding hydrogens is 354 g/mol. The fourth-order valence-electron chi connectivity index (χ4n) is 4.93. The van der Waals surface area contributed by atoms with Crippen LogP contribution in [0, 0.1) is 12.8 Å². The fourth-order valence-corrected chi connectivity index (χ4v) is 4.93. The fraction of sp³-hybridized carbons (Fsp3) is 0.636. The number of amides is 2. The van der Waals surface area contributed by atoms with Crippen LogP contribution in [-0.4, -0.2) is 67.5 Å². The van der Waals surface area contributed by atoms with Crippen LogP contribution in [0.3, 0.4) is 0 Å². The summed E-state index contributed by atoms with van der Waals surface area (Å²) in [7, 11) is 1.61. The van der Waals surface area contributed by atoms with Crippen molar-refractivity contribution in [3.8, 4) is 5.75 Å². The Balaban J connectivity index is 1.39. The lowest BCUT2D eigenvalue weighted by atomic mass is 10.0. The highest BCUT2D eigenvalue weighted by atomic mass is 16.5. The second-order valence-corrected chi connectivity index (χ2v) is 8.38. The number of hydrogen-bond donors (Lipinski definition) is 0. The maximum Gasteiger partial charge on any atom is 0.228 e. The Kier molecular flexibility index (Phi) is 5.58. The molecule has 0 bridgehead atoms. The van der Waals surface area contributed by atoms with Gasteiger partial charge in [-0.3, -0.25) is 9.59 Å². The molecule has 3 heterocycles. The zero-order chi connectivity index (χ0) is 19.7. The largest absolute Gasteiger partial charge is 0.495 e. The van der Waals surface area contributed by atoms with Crippen molar-refractivity contribution >= 4 is 17.5 Å². The van der Waals surface area contributed by atoms with E-state index in [-0.39, 0.29) is 17.7 Å². The van der Waals surface area contributed by atoms with Crippen molar-refractivity contribution in [2.24, 2.45) is 5.92 Å². The summed E-state index contributed by atoms with van der Waals surface area (Å²) in [5, 5.41) is 0. The molecular formula is C22H31N3O3. The quantitative estimate of drug-likeness (QED) is 0.799. The van der Waals surface area contributed by atoms with Crippen molar-refractivity contribution in [1.29, 1.82) is 0 Å². The number of carbonyl (C=O) groups is 2. The minimum Gasteiger partial charge on any atom is -0.495 e. The van der Waals surface area contributed by atoms with Crippen molar-refractivity contribution in [1.82, 2.24) is 9.80 Å². The molecule has 0 saturated carbocycles. The number of aryl methyl sites for hydroxylation is 1. The number of methoxy groups -OCH3 is 1. The molecule has 1 aromatic rings. The highest BCUT2D eigenvalue weighted by molar-refractivity contribution is 6.01. The molecule has 0 aromatic heterocycles. The van der Waals surface area contributed by atoms with E-state index in [1.54, 1.807) is 12.0 Å². The zero-order valence-electron chi connectivity index (χ0n) is 17.0. The number of ether oxygens (including phenoxy) is 1. The van der Waals surface area contributed by atoms with Gasteiger partial charge < -0.3 is 19.4 Å². The Morgan fingerprint density at radius 3 is 2.50 bits per heavy atom. The van der Waals surface area contributed by atoms with Crippen LogP contribution >= 0.6 is 0 Å². The van der Waals surface area contributed by atoms with E-state index in [0.29, 0.717) is 24.8 Å². The molecule has 1 atom stereocenters. The van der Waals surface area contributed by atoms with E-state index in [9.17, 15) is 9.59 Å². The minimum absolute atomic E-state index is 0.00852. The predicted molar refractivity (Wildman–Crippen MR) is 109 cm³/mol. The summed E-state index contributed by atoms with van der Waals surface area (Å²) in [6.07, 6.45) is 5.02. The first kappa shape index (κ1) is 19.2. The van der Waals surface area contributed by atoms with Crippen LogP contribution in [0.2, 0.25) is 0 Å². The van der Waals surface area contributed by atoms with E-state index in [1.807, 2.05) is 30.0 Å². The Morgan fingerprint density at radius 2 is 1.82 bits per heavy atom. The maximum absolute atomic E-state index is 13.1. The SMILES string of the molecule is COc1ccc(C)cc1N1C[C@H](C(=O)N2CCC(N3CCCC3)CC2)CC1=O. The lowest BCUT2D eigenvalue weighted by Crippen LogP contribution is -2.47. The number of anilines is 1. The highest BCUT2D eigenvalue weighted by Gasteiger charge is 2.39. The molecule has 0 unspecified atom stereocenters. The monoisotopic (exact) mass is 385 g/mol. The maximum atomic E-state index is 13.1. The van der Waals surface area contributed by atoms with Crippen molar-refractivity contribution < 1.29 is 14.3 Å². The van der Waals surface area contributed by atoms with Crippen LogP contribution in [-0.2, 0) is 9.59 Å². The third-order valence-electron chi connectivity index (χ3n) is 6.53. The molecule has 3 saturated heterocycles. The van der Waals surface area contributed by atoms with Gasteiger partial charge in [0.05, 0.1) is 18.7 Å². The van der Waals surface area contributed by atoms with E-state index >= 15 is 0 Å². The van der Waals surface area contributed by atoms with Gasteiger partial charge in [0.1, 0.15) is 5.75 Å². The standard InChI is InChI=1S/C22H31N3O3/c1-16-5-6-20(28-2)19(13-16)25-15-17(14-21(25)26)22(27)24-11-7-18(8-12-24)23-9-3-4-10-23/h5-6,13,17-18H,3-4,7-12,14-15H2,1-2H3/t17-/m1/s1. The van der Waals surface area contributed by atoms with Crippen LogP contribution in [0.25, 0.3) is 0 Å². The van der Waals surface area contributed by atoms with Gasteiger partial charge in [0.25, 0.3) is 0 Å². The van der Waals surface area contributed by atoms with Crippen LogP contribution in [0.1, 0.15) is 37.7 Å². The van der Waals surface area contributed by atoms with Gasteiger partial charge in [0, 0.05) is 32.1 Å². The smallest absolute Gasteiger partial charge is 0.228 e. The molecule has 0 aliphatic carbocycles. The van der Waals surface area contributed by atoms with Crippen molar-refractivity contribution in [3.05, 3.63) is 23.8 Å². The molecule has 6 nitrogen and oxygen atoms in total. The van der Waals surface area contributed by atoms with Gasteiger partial charge in [-0.1, -0.05) is 6.07 Å². The number of nitrogens with zero attached hydrogens (tertiary/aromatic N) is 3. The summed E-state index contributed by atoms with van der Waals surface area (Å²) in [5.74, 6) is 0.580. The molecule has 0 radical (unpaired) electrons. The lowest BCUT2D eigenvalue weighted by Gasteiger charge is -2.37. The second-order valence-electron chi connectivity index (χ2n) is 8.38. The molecule has 152 valence electrons. The molecule has 3 aliphatic rings. The van der Waals surface area contributed by atoms with E-state index in [1.165, 1.54) is 25.9 Å². The predicted octanol–water partition coefficient (Wildman–Crippen LogP) is 2.44. The molecule has 0 spiro atoms.